The van der Waals surface area contributed by atoms with Gasteiger partial charge >= 0.3 is 0 Å². The fourth-order valence-electron chi connectivity index (χ4n) is 2.85. The maximum absolute atomic E-state index is 9.59. The Hall–Kier alpha value is -2.29. The van der Waals surface area contributed by atoms with E-state index in [9.17, 15) is 5.26 Å². The van der Waals surface area contributed by atoms with Crippen LogP contribution in [0.3, 0.4) is 0 Å². The van der Waals surface area contributed by atoms with Crippen LogP contribution < -0.4 is 9.47 Å². The summed E-state index contributed by atoms with van der Waals surface area (Å²) in [5.74, 6) is 0.933. The Morgan fingerprint density at radius 2 is 1.92 bits per heavy atom. The second kappa shape index (κ2) is 8.39. The van der Waals surface area contributed by atoms with Crippen molar-refractivity contribution >= 4 is 34.9 Å². The summed E-state index contributed by atoms with van der Waals surface area (Å²) in [6.45, 7) is 0. The molecule has 5 nitrogen and oxygen atoms in total. The Labute approximate surface area is 162 Å². The molecule has 3 rings (SSSR count). The minimum atomic E-state index is 0.130. The van der Waals surface area contributed by atoms with Gasteiger partial charge in [-0.25, -0.2) is 4.98 Å². The van der Waals surface area contributed by atoms with Crippen LogP contribution in [0.4, 0.5) is 0 Å². The first kappa shape index (κ1) is 18.5. The zero-order valence-electron chi connectivity index (χ0n) is 14.2. The van der Waals surface area contributed by atoms with Crippen LogP contribution in [0.15, 0.2) is 24.5 Å². The second-order valence-corrected chi connectivity index (χ2v) is 6.73. The summed E-state index contributed by atoms with van der Waals surface area (Å²) in [7, 11) is 1.57. The molecule has 26 heavy (non-hydrogen) atoms. The summed E-state index contributed by atoms with van der Waals surface area (Å²) < 4.78 is 11.3. The molecule has 7 heteroatoms. The highest BCUT2D eigenvalue weighted by atomic mass is 35.5. The van der Waals surface area contributed by atoms with Crippen molar-refractivity contribution in [1.29, 1.82) is 5.26 Å². The molecule has 0 radical (unpaired) electrons. The maximum Gasteiger partial charge on any atom is 0.257 e. The number of allylic oxidation sites excluding steroid dienone is 1. The van der Waals surface area contributed by atoms with Crippen molar-refractivity contribution in [3.05, 3.63) is 45.8 Å². The lowest BCUT2D eigenvalue weighted by Crippen LogP contribution is -2.13. The molecule has 2 heterocycles. The topological polar surface area (TPSA) is 68.0 Å². The molecule has 1 fully saturated rings. The smallest absolute Gasteiger partial charge is 0.257 e. The van der Waals surface area contributed by atoms with Gasteiger partial charge in [0.05, 0.1) is 28.4 Å². The van der Waals surface area contributed by atoms with Gasteiger partial charge in [0, 0.05) is 18.0 Å². The Morgan fingerprint density at radius 1 is 1.23 bits per heavy atom. The number of methoxy groups -OCH3 is 1. The van der Waals surface area contributed by atoms with Crippen molar-refractivity contribution in [2.45, 2.75) is 31.8 Å². The van der Waals surface area contributed by atoms with E-state index >= 15 is 0 Å². The molecule has 134 valence electrons. The van der Waals surface area contributed by atoms with Crippen LogP contribution in [-0.2, 0) is 0 Å². The van der Waals surface area contributed by atoms with Gasteiger partial charge in [-0.15, -0.1) is 0 Å². The molecule has 0 amide bonds. The maximum atomic E-state index is 9.59. The average Bonchev–Trinajstić information content (AvgIpc) is 3.15. The lowest BCUT2D eigenvalue weighted by atomic mass is 10.1. The third-order valence-corrected chi connectivity index (χ3v) is 4.80. The number of pyridine rings is 2. The van der Waals surface area contributed by atoms with Gasteiger partial charge in [-0.2, -0.15) is 5.26 Å². The summed E-state index contributed by atoms with van der Waals surface area (Å²) in [5.41, 5.74) is 1.31. The number of hydrogen-bond donors (Lipinski definition) is 0. The highest BCUT2D eigenvalue weighted by Gasteiger charge is 2.20. The van der Waals surface area contributed by atoms with Crippen LogP contribution in [0, 0.1) is 11.3 Å². The van der Waals surface area contributed by atoms with E-state index in [0.29, 0.717) is 38.5 Å². The lowest BCUT2D eigenvalue weighted by molar-refractivity contribution is 0.191. The van der Waals surface area contributed by atoms with Crippen molar-refractivity contribution in [3.63, 3.8) is 0 Å². The second-order valence-electron chi connectivity index (χ2n) is 5.91. The molecule has 2 aromatic rings. The van der Waals surface area contributed by atoms with Gasteiger partial charge in [0.15, 0.2) is 5.75 Å². The molecule has 0 saturated heterocycles. The minimum Gasteiger partial charge on any atom is -0.491 e. The number of ether oxygens (including phenoxy) is 2. The fraction of sp³-hybridized carbons (Fsp3) is 0.316. The van der Waals surface area contributed by atoms with Crippen molar-refractivity contribution in [2.75, 3.05) is 7.11 Å². The van der Waals surface area contributed by atoms with E-state index < -0.39 is 0 Å². The minimum absolute atomic E-state index is 0.130. The zero-order valence-corrected chi connectivity index (χ0v) is 15.7. The molecule has 1 saturated carbocycles. The Bertz CT molecular complexity index is 851. The molecule has 0 spiro atoms. The van der Waals surface area contributed by atoms with E-state index in [1.165, 1.54) is 12.4 Å². The van der Waals surface area contributed by atoms with Gasteiger partial charge in [0.1, 0.15) is 12.2 Å². The molecule has 0 atom stereocenters. The molecule has 2 aromatic heterocycles. The predicted molar refractivity (Wildman–Crippen MR) is 101 cm³/mol. The molecule has 1 aliphatic rings. The van der Waals surface area contributed by atoms with Gasteiger partial charge in [0.2, 0.25) is 0 Å². The fourth-order valence-corrected chi connectivity index (χ4v) is 3.32. The zero-order chi connectivity index (χ0) is 18.5. The van der Waals surface area contributed by atoms with E-state index in [1.807, 2.05) is 0 Å². The lowest BCUT2D eigenvalue weighted by Gasteiger charge is -2.15. The largest absolute Gasteiger partial charge is 0.491 e. The monoisotopic (exact) mass is 389 g/mol. The van der Waals surface area contributed by atoms with Crippen molar-refractivity contribution in [2.24, 2.45) is 0 Å². The number of halogens is 2. The first-order valence-corrected chi connectivity index (χ1v) is 9.01. The number of aromatic nitrogens is 2. The SMILES string of the molecule is COc1ccc(/C(C#N)=C/c2c(Cl)cncc2Cl)nc1OC1CCCC1. The van der Waals surface area contributed by atoms with Crippen LogP contribution in [0.1, 0.15) is 36.9 Å². The number of hydrogen-bond acceptors (Lipinski definition) is 5. The number of rotatable bonds is 5. The summed E-state index contributed by atoms with van der Waals surface area (Å²) in [5, 5.41) is 10.3. The predicted octanol–water partition coefficient (Wildman–Crippen LogP) is 5.18. The van der Waals surface area contributed by atoms with Crippen LogP contribution in [0.2, 0.25) is 10.0 Å². The summed E-state index contributed by atoms with van der Waals surface area (Å²) in [6, 6.07) is 5.59. The molecule has 0 N–H and O–H groups in total. The molecule has 0 aromatic carbocycles. The molecule has 1 aliphatic carbocycles. The highest BCUT2D eigenvalue weighted by Crippen LogP contribution is 2.33. The standard InChI is InChI=1S/C19H17Cl2N3O2/c1-25-18-7-6-17(24-19(18)26-13-4-2-3-5-13)12(9-22)8-14-15(20)10-23-11-16(14)21/h6-8,10-11,13H,2-5H2,1H3/b12-8+. The number of nitrogens with zero attached hydrogens (tertiary/aromatic N) is 3. The molecule has 0 bridgehead atoms. The molecular weight excluding hydrogens is 373 g/mol. The van der Waals surface area contributed by atoms with Gasteiger partial charge in [-0.3, -0.25) is 4.98 Å². The van der Waals surface area contributed by atoms with E-state index in [-0.39, 0.29) is 6.10 Å². The average molecular weight is 390 g/mol. The third-order valence-electron chi connectivity index (χ3n) is 4.20. The van der Waals surface area contributed by atoms with Gasteiger partial charge in [-0.1, -0.05) is 23.2 Å². The molecule has 0 unspecified atom stereocenters. The van der Waals surface area contributed by atoms with Gasteiger partial charge in [0.25, 0.3) is 5.88 Å². The van der Waals surface area contributed by atoms with Gasteiger partial charge < -0.3 is 9.47 Å². The van der Waals surface area contributed by atoms with Crippen molar-refractivity contribution < 1.29 is 9.47 Å². The Balaban J connectivity index is 1.98. The quantitative estimate of drug-likeness (QED) is 0.659. The summed E-state index contributed by atoms with van der Waals surface area (Å²) in [4.78, 5) is 8.41. The van der Waals surface area contributed by atoms with Crippen LogP contribution >= 0.6 is 23.2 Å². The molecule has 0 aliphatic heterocycles. The van der Waals surface area contributed by atoms with Crippen molar-refractivity contribution in [1.82, 2.24) is 9.97 Å². The van der Waals surface area contributed by atoms with Crippen molar-refractivity contribution in [3.8, 4) is 17.7 Å². The van der Waals surface area contributed by atoms with E-state index in [0.717, 1.165) is 25.7 Å². The normalized spacial score (nSPS) is 14.9. The first-order chi connectivity index (χ1) is 12.6. The highest BCUT2D eigenvalue weighted by molar-refractivity contribution is 6.37. The first-order valence-electron chi connectivity index (χ1n) is 8.25. The molecular formula is C19H17Cl2N3O2. The number of nitriles is 1. The Kier molecular flexibility index (Phi) is 5.97. The van der Waals surface area contributed by atoms with E-state index in [1.54, 1.807) is 25.3 Å². The van der Waals surface area contributed by atoms with Crippen LogP contribution in [0.25, 0.3) is 11.6 Å². The summed E-state index contributed by atoms with van der Waals surface area (Å²) in [6.07, 6.45) is 8.97. The third kappa shape index (κ3) is 4.09. The van der Waals surface area contributed by atoms with Gasteiger partial charge in [-0.05, 0) is 43.9 Å². The Morgan fingerprint density at radius 3 is 2.54 bits per heavy atom. The van der Waals surface area contributed by atoms with E-state index in [2.05, 4.69) is 16.0 Å². The van der Waals surface area contributed by atoms with E-state index in [4.69, 9.17) is 32.7 Å². The summed E-state index contributed by atoms with van der Waals surface area (Å²) >= 11 is 12.3. The van der Waals surface area contributed by atoms with Crippen LogP contribution in [-0.4, -0.2) is 23.2 Å². The van der Waals surface area contributed by atoms with Crippen LogP contribution in [0.5, 0.6) is 11.6 Å².